The highest BCUT2D eigenvalue weighted by molar-refractivity contribution is 8.01. The van der Waals surface area contributed by atoms with Crippen LogP contribution < -0.4 is 10.9 Å². The van der Waals surface area contributed by atoms with E-state index in [-0.39, 0.29) is 28.9 Å². The van der Waals surface area contributed by atoms with Crippen LogP contribution >= 0.6 is 23.5 Å². The summed E-state index contributed by atoms with van der Waals surface area (Å²) < 4.78 is 1.11. The first-order valence-corrected chi connectivity index (χ1v) is 11.8. The van der Waals surface area contributed by atoms with Crippen LogP contribution in [0.15, 0.2) is 51.6 Å². The lowest BCUT2D eigenvalue weighted by molar-refractivity contribution is -0.150. The molecule has 0 aliphatic carbocycles. The molecule has 11 nitrogen and oxygen atoms in total. The molecule has 0 saturated carbocycles. The van der Waals surface area contributed by atoms with Gasteiger partial charge in [-0.1, -0.05) is 42.1 Å². The molecule has 33 heavy (non-hydrogen) atoms. The molecule has 172 valence electrons. The number of amides is 2. The maximum Gasteiger partial charge on any atom is 0.352 e. The number of thioether (sulfide) groups is 2. The van der Waals surface area contributed by atoms with Crippen LogP contribution in [-0.2, 0) is 27.9 Å². The minimum Gasteiger partial charge on any atom is -0.488 e. The zero-order chi connectivity index (χ0) is 23.7. The summed E-state index contributed by atoms with van der Waals surface area (Å²) in [4.78, 5) is 50.1. The van der Waals surface area contributed by atoms with Crippen LogP contribution in [0.3, 0.4) is 0 Å². The molecular weight excluding hydrogens is 470 g/mol. The molecule has 13 heteroatoms. The molecule has 2 atom stereocenters. The van der Waals surface area contributed by atoms with Crippen molar-refractivity contribution < 1.29 is 24.6 Å². The zero-order valence-corrected chi connectivity index (χ0v) is 18.9. The fourth-order valence-electron chi connectivity index (χ4n) is 3.51. The van der Waals surface area contributed by atoms with Crippen molar-refractivity contribution in [1.29, 1.82) is 0 Å². The van der Waals surface area contributed by atoms with Crippen molar-refractivity contribution in [3.8, 4) is 5.88 Å². The molecule has 1 fully saturated rings. The third-order valence-corrected chi connectivity index (χ3v) is 7.61. The number of hydrogen-bond acceptors (Lipinski definition) is 9. The third kappa shape index (κ3) is 4.46. The number of β-lactam (4-membered cyclic amide) rings is 1. The van der Waals surface area contributed by atoms with Crippen molar-refractivity contribution in [2.45, 2.75) is 23.0 Å². The van der Waals surface area contributed by atoms with Crippen molar-refractivity contribution in [3.63, 3.8) is 0 Å². The average molecular weight is 490 g/mol. The highest BCUT2D eigenvalue weighted by Gasteiger charge is 2.54. The quantitative estimate of drug-likeness (QED) is 0.356. The lowest BCUT2D eigenvalue weighted by atomic mass is 10.0. The first-order valence-electron chi connectivity index (χ1n) is 9.76. The number of carboxylic acids is 1. The van der Waals surface area contributed by atoms with Gasteiger partial charge in [0.15, 0.2) is 5.16 Å². The predicted octanol–water partition coefficient (Wildman–Crippen LogP) is -0.0457. The Kier molecular flexibility index (Phi) is 6.42. The van der Waals surface area contributed by atoms with Gasteiger partial charge in [-0.3, -0.25) is 23.9 Å². The molecule has 3 N–H and O–H groups in total. The number of aromatic hydroxyl groups is 1. The minimum atomic E-state index is -1.25. The van der Waals surface area contributed by atoms with Gasteiger partial charge in [-0.05, 0) is 11.1 Å². The Morgan fingerprint density at radius 2 is 1.97 bits per heavy atom. The molecule has 0 spiro atoms. The Morgan fingerprint density at radius 1 is 1.24 bits per heavy atom. The average Bonchev–Trinajstić information content (AvgIpc) is 2.80. The first kappa shape index (κ1) is 22.9. The van der Waals surface area contributed by atoms with E-state index in [0.717, 1.165) is 21.9 Å². The summed E-state index contributed by atoms with van der Waals surface area (Å²) in [6, 6.07) is 8.32. The molecule has 2 aliphatic heterocycles. The second-order valence-corrected chi connectivity index (χ2v) is 9.38. The van der Waals surface area contributed by atoms with Gasteiger partial charge in [0.25, 0.3) is 11.8 Å². The number of aromatic nitrogens is 3. The maximum absolute atomic E-state index is 12.8. The summed E-state index contributed by atoms with van der Waals surface area (Å²) in [5.74, 6) is -2.28. The van der Waals surface area contributed by atoms with Crippen LogP contribution in [0, 0.1) is 0 Å². The highest BCUT2D eigenvalue weighted by atomic mass is 32.2. The molecule has 1 aromatic heterocycles. The minimum absolute atomic E-state index is 0.123. The van der Waals surface area contributed by atoms with E-state index in [0.29, 0.717) is 11.3 Å². The summed E-state index contributed by atoms with van der Waals surface area (Å²) in [5, 5.41) is 28.7. The fourth-order valence-corrected chi connectivity index (χ4v) is 5.91. The molecule has 0 radical (unpaired) electrons. The van der Waals surface area contributed by atoms with Crippen molar-refractivity contribution in [2.24, 2.45) is 7.05 Å². The van der Waals surface area contributed by atoms with Crippen LogP contribution in [0.5, 0.6) is 5.88 Å². The van der Waals surface area contributed by atoms with Crippen LogP contribution in [0.2, 0.25) is 0 Å². The molecule has 3 heterocycles. The number of carbonyl (C=O) groups is 3. The Balaban J connectivity index is 1.46. The molecule has 1 aromatic carbocycles. The van der Waals surface area contributed by atoms with Crippen LogP contribution in [0.1, 0.15) is 5.56 Å². The van der Waals surface area contributed by atoms with E-state index in [1.54, 1.807) is 0 Å². The Morgan fingerprint density at radius 3 is 2.67 bits per heavy atom. The lowest BCUT2D eigenvalue weighted by Gasteiger charge is -2.49. The van der Waals surface area contributed by atoms with Gasteiger partial charge in [-0.15, -0.1) is 22.0 Å². The summed E-state index contributed by atoms with van der Waals surface area (Å²) in [6.45, 7) is 0. The van der Waals surface area contributed by atoms with E-state index in [1.807, 2.05) is 30.3 Å². The molecule has 2 amide bonds. The summed E-state index contributed by atoms with van der Waals surface area (Å²) >= 11 is 2.43. The van der Waals surface area contributed by atoms with E-state index in [1.165, 1.54) is 23.7 Å². The Bertz CT molecular complexity index is 1220. The number of carboxylic acid groups (broad SMARTS) is 1. The number of benzene rings is 1. The SMILES string of the molecule is Cn1c(SCC2=C(C(=O)O)N3C(=O)C(NC(=O)Cc4ccccc4)[C@H]3SC2)nnc(O)c1=O. The van der Waals surface area contributed by atoms with E-state index in [2.05, 4.69) is 15.5 Å². The van der Waals surface area contributed by atoms with Gasteiger partial charge < -0.3 is 15.5 Å². The second kappa shape index (κ2) is 9.27. The van der Waals surface area contributed by atoms with Crippen molar-refractivity contribution in [2.75, 3.05) is 11.5 Å². The van der Waals surface area contributed by atoms with Gasteiger partial charge in [0.05, 0.1) is 6.42 Å². The monoisotopic (exact) mass is 489 g/mol. The van der Waals surface area contributed by atoms with E-state index >= 15 is 0 Å². The van der Waals surface area contributed by atoms with Gasteiger partial charge in [-0.25, -0.2) is 4.79 Å². The van der Waals surface area contributed by atoms with Gasteiger partial charge in [0, 0.05) is 18.6 Å². The zero-order valence-electron chi connectivity index (χ0n) is 17.3. The van der Waals surface area contributed by atoms with Gasteiger partial charge in [0.1, 0.15) is 17.1 Å². The number of nitrogens with zero attached hydrogens (tertiary/aromatic N) is 4. The predicted molar refractivity (Wildman–Crippen MR) is 119 cm³/mol. The van der Waals surface area contributed by atoms with E-state index < -0.39 is 34.7 Å². The number of nitrogens with one attached hydrogen (secondary N) is 1. The Labute approximate surface area is 195 Å². The number of rotatable bonds is 7. The molecular formula is C20H19N5O6S2. The van der Waals surface area contributed by atoms with Crippen molar-refractivity contribution >= 4 is 41.3 Å². The summed E-state index contributed by atoms with van der Waals surface area (Å²) in [5.41, 5.74) is 0.456. The largest absolute Gasteiger partial charge is 0.488 e. The number of carbonyl (C=O) groups excluding carboxylic acids is 2. The maximum atomic E-state index is 12.8. The van der Waals surface area contributed by atoms with Crippen molar-refractivity contribution in [3.05, 3.63) is 57.5 Å². The molecule has 0 bridgehead atoms. The first-order chi connectivity index (χ1) is 15.8. The van der Waals surface area contributed by atoms with Crippen LogP contribution in [0.25, 0.3) is 0 Å². The number of aliphatic carboxylic acids is 1. The molecule has 1 unspecified atom stereocenters. The van der Waals surface area contributed by atoms with Crippen molar-refractivity contribution in [1.82, 2.24) is 25.0 Å². The van der Waals surface area contributed by atoms with Crippen LogP contribution in [-0.4, -0.2) is 70.6 Å². The van der Waals surface area contributed by atoms with E-state index in [4.69, 9.17) is 0 Å². The van der Waals surface area contributed by atoms with Gasteiger partial charge in [0.2, 0.25) is 5.91 Å². The highest BCUT2D eigenvalue weighted by Crippen LogP contribution is 2.41. The number of fused-ring (bicyclic) bond motifs is 1. The van der Waals surface area contributed by atoms with E-state index in [9.17, 15) is 29.4 Å². The Hall–Kier alpha value is -3.32. The molecule has 2 aliphatic rings. The molecule has 4 rings (SSSR count). The molecule has 1 saturated heterocycles. The van der Waals surface area contributed by atoms with Gasteiger partial charge in [-0.2, -0.15) is 0 Å². The lowest BCUT2D eigenvalue weighted by Crippen LogP contribution is -2.70. The molecule has 2 aromatic rings. The number of hydrogen-bond donors (Lipinski definition) is 3. The standard InChI is InChI=1S/C20H19N5O6S2/c1-24-17(29)15(27)22-23-20(24)33-9-11-8-32-18-13(16(28)25(18)14(11)19(30)31)21-12(26)7-10-5-3-2-4-6-10/h2-6,13,18H,7-9H2,1H3,(H,21,26)(H,22,27)(H,30,31)/t13?,18-/m1/s1. The topological polar surface area (TPSA) is 155 Å². The summed E-state index contributed by atoms with van der Waals surface area (Å²) in [6.07, 6.45) is 0.123. The van der Waals surface area contributed by atoms with Gasteiger partial charge >= 0.3 is 11.5 Å². The smallest absolute Gasteiger partial charge is 0.352 e. The summed E-state index contributed by atoms with van der Waals surface area (Å²) in [7, 11) is 1.42. The second-order valence-electron chi connectivity index (χ2n) is 7.33. The van der Waals surface area contributed by atoms with Crippen LogP contribution in [0.4, 0.5) is 0 Å². The normalized spacial score (nSPS) is 19.7. The fraction of sp³-hybridized carbons (Fsp3) is 0.300. The third-order valence-electron chi connectivity index (χ3n) is 5.16.